The largest absolute Gasteiger partial charge is 0.463 e. The van der Waals surface area contributed by atoms with E-state index in [4.69, 9.17) is 10.2 Å². The van der Waals surface area contributed by atoms with Crippen LogP contribution in [0.4, 0.5) is 5.82 Å². The van der Waals surface area contributed by atoms with Crippen LogP contribution in [0.15, 0.2) is 53.1 Å². The third-order valence-electron chi connectivity index (χ3n) is 2.79. The van der Waals surface area contributed by atoms with Crippen LogP contribution in [0.5, 0.6) is 0 Å². The zero-order valence-corrected chi connectivity index (χ0v) is 10.00. The van der Waals surface area contributed by atoms with Crippen molar-refractivity contribution in [2.75, 3.05) is 5.73 Å². The number of hydrogen-bond acceptors (Lipinski definition) is 3. The number of nitrogen functional groups attached to an aromatic ring is 1. The molecule has 2 heterocycles. The van der Waals surface area contributed by atoms with Gasteiger partial charge in [0.1, 0.15) is 11.5 Å². The molecule has 3 aromatic rings. The highest BCUT2D eigenvalue weighted by Gasteiger charge is 2.10. The van der Waals surface area contributed by atoms with E-state index in [0.717, 1.165) is 11.4 Å². The molecule has 18 heavy (non-hydrogen) atoms. The molecule has 0 aliphatic heterocycles. The van der Waals surface area contributed by atoms with Crippen molar-refractivity contribution in [2.45, 2.75) is 6.92 Å². The van der Waals surface area contributed by atoms with E-state index in [0.29, 0.717) is 11.6 Å². The summed E-state index contributed by atoms with van der Waals surface area (Å²) in [6.07, 6.45) is 1.62. The second-order valence-corrected chi connectivity index (χ2v) is 4.18. The Morgan fingerprint density at radius 2 is 1.94 bits per heavy atom. The molecular formula is C14H13N3O. The highest BCUT2D eigenvalue weighted by molar-refractivity contribution is 5.58. The normalized spacial score (nSPS) is 10.7. The Balaban J connectivity index is 2.06. The molecule has 0 spiro atoms. The number of aromatic nitrogens is 2. The summed E-state index contributed by atoms with van der Waals surface area (Å²) in [6, 6.07) is 13.5. The Bertz CT molecular complexity index is 651. The molecule has 90 valence electrons. The van der Waals surface area contributed by atoms with Gasteiger partial charge >= 0.3 is 0 Å². The molecular weight excluding hydrogens is 226 g/mol. The van der Waals surface area contributed by atoms with E-state index in [-0.39, 0.29) is 0 Å². The lowest BCUT2D eigenvalue weighted by atomic mass is 10.2. The van der Waals surface area contributed by atoms with Crippen LogP contribution in [-0.4, -0.2) is 9.78 Å². The third kappa shape index (κ3) is 1.78. The zero-order valence-electron chi connectivity index (χ0n) is 10.00. The molecule has 4 heteroatoms. The average molecular weight is 239 g/mol. The van der Waals surface area contributed by atoms with Crippen molar-refractivity contribution in [1.29, 1.82) is 0 Å². The van der Waals surface area contributed by atoms with Gasteiger partial charge in [0.15, 0.2) is 5.76 Å². The van der Waals surface area contributed by atoms with E-state index < -0.39 is 0 Å². The number of nitrogens with zero attached hydrogens (tertiary/aromatic N) is 2. The Hall–Kier alpha value is -2.49. The molecule has 0 fully saturated rings. The molecule has 0 saturated heterocycles. The van der Waals surface area contributed by atoms with Gasteiger partial charge in [-0.15, -0.1) is 0 Å². The summed E-state index contributed by atoms with van der Waals surface area (Å²) >= 11 is 0. The molecule has 0 amide bonds. The molecule has 0 bridgehead atoms. The third-order valence-corrected chi connectivity index (χ3v) is 2.79. The van der Waals surface area contributed by atoms with Crippen LogP contribution in [-0.2, 0) is 0 Å². The fourth-order valence-electron chi connectivity index (χ4n) is 1.83. The van der Waals surface area contributed by atoms with Gasteiger partial charge in [0.2, 0.25) is 0 Å². The first-order chi connectivity index (χ1) is 8.74. The van der Waals surface area contributed by atoms with Crippen molar-refractivity contribution in [2.24, 2.45) is 0 Å². The SMILES string of the molecule is Cc1ccc(-n2nc(-c3ccco3)cc2N)cc1. The van der Waals surface area contributed by atoms with Crippen molar-refractivity contribution >= 4 is 5.82 Å². The Morgan fingerprint density at radius 1 is 1.17 bits per heavy atom. The molecule has 0 atom stereocenters. The van der Waals surface area contributed by atoms with Crippen LogP contribution >= 0.6 is 0 Å². The Morgan fingerprint density at radius 3 is 2.61 bits per heavy atom. The van der Waals surface area contributed by atoms with Gasteiger partial charge in [-0.25, -0.2) is 4.68 Å². The number of hydrogen-bond donors (Lipinski definition) is 1. The first-order valence-electron chi connectivity index (χ1n) is 5.70. The summed E-state index contributed by atoms with van der Waals surface area (Å²) in [5.41, 5.74) is 8.86. The number of nitrogens with two attached hydrogens (primary N) is 1. The fourth-order valence-corrected chi connectivity index (χ4v) is 1.83. The lowest BCUT2D eigenvalue weighted by molar-refractivity contribution is 0.579. The minimum Gasteiger partial charge on any atom is -0.463 e. The average Bonchev–Trinajstić information content (AvgIpc) is 2.99. The highest BCUT2D eigenvalue weighted by Crippen LogP contribution is 2.23. The van der Waals surface area contributed by atoms with Gasteiger partial charge in [-0.2, -0.15) is 5.10 Å². The van der Waals surface area contributed by atoms with Crippen LogP contribution in [0.25, 0.3) is 17.1 Å². The summed E-state index contributed by atoms with van der Waals surface area (Å²) in [7, 11) is 0. The van der Waals surface area contributed by atoms with Crippen molar-refractivity contribution in [3.8, 4) is 17.1 Å². The van der Waals surface area contributed by atoms with E-state index in [1.54, 1.807) is 17.0 Å². The van der Waals surface area contributed by atoms with Crippen molar-refractivity contribution in [3.63, 3.8) is 0 Å². The quantitative estimate of drug-likeness (QED) is 0.747. The van der Waals surface area contributed by atoms with Crippen LogP contribution in [0, 0.1) is 6.92 Å². The number of aryl methyl sites for hydroxylation is 1. The Kier molecular flexibility index (Phi) is 2.41. The molecule has 0 unspecified atom stereocenters. The molecule has 0 aliphatic carbocycles. The first kappa shape index (κ1) is 10.7. The number of anilines is 1. The van der Waals surface area contributed by atoms with Gasteiger partial charge in [-0.1, -0.05) is 17.7 Å². The van der Waals surface area contributed by atoms with Crippen LogP contribution in [0.3, 0.4) is 0 Å². The zero-order chi connectivity index (χ0) is 12.5. The van der Waals surface area contributed by atoms with E-state index in [1.807, 2.05) is 43.3 Å². The molecule has 0 radical (unpaired) electrons. The molecule has 0 saturated carbocycles. The lowest BCUT2D eigenvalue weighted by Gasteiger charge is -2.03. The second kappa shape index (κ2) is 4.07. The molecule has 4 nitrogen and oxygen atoms in total. The van der Waals surface area contributed by atoms with E-state index in [1.165, 1.54) is 5.56 Å². The monoisotopic (exact) mass is 239 g/mol. The van der Waals surface area contributed by atoms with Gasteiger partial charge in [0.25, 0.3) is 0 Å². The Labute approximate surface area is 105 Å². The topological polar surface area (TPSA) is 57.0 Å². The van der Waals surface area contributed by atoms with Gasteiger partial charge in [0.05, 0.1) is 12.0 Å². The molecule has 0 aliphatic rings. The molecule has 1 aromatic carbocycles. The van der Waals surface area contributed by atoms with E-state index in [9.17, 15) is 0 Å². The van der Waals surface area contributed by atoms with Crippen molar-refractivity contribution < 1.29 is 4.42 Å². The standard InChI is InChI=1S/C14H13N3O/c1-10-4-6-11(7-5-10)17-14(15)9-12(16-17)13-3-2-8-18-13/h2-9H,15H2,1H3. The van der Waals surface area contributed by atoms with Crippen LogP contribution in [0.2, 0.25) is 0 Å². The summed E-state index contributed by atoms with van der Waals surface area (Å²) in [5.74, 6) is 1.30. The maximum Gasteiger partial charge on any atom is 0.154 e. The fraction of sp³-hybridized carbons (Fsp3) is 0.0714. The van der Waals surface area contributed by atoms with E-state index in [2.05, 4.69) is 5.10 Å². The number of furan rings is 1. The summed E-state index contributed by atoms with van der Waals surface area (Å²) in [5, 5.41) is 4.45. The maximum atomic E-state index is 5.98. The number of benzene rings is 1. The lowest BCUT2D eigenvalue weighted by Crippen LogP contribution is -2.01. The summed E-state index contributed by atoms with van der Waals surface area (Å²) < 4.78 is 7.02. The second-order valence-electron chi connectivity index (χ2n) is 4.18. The molecule has 3 rings (SSSR count). The summed E-state index contributed by atoms with van der Waals surface area (Å²) in [6.45, 7) is 2.05. The van der Waals surface area contributed by atoms with Gasteiger partial charge in [0, 0.05) is 6.07 Å². The predicted molar refractivity (Wildman–Crippen MR) is 70.4 cm³/mol. The molecule has 2 N–H and O–H groups in total. The number of rotatable bonds is 2. The maximum absolute atomic E-state index is 5.98. The minimum atomic E-state index is 0.588. The smallest absolute Gasteiger partial charge is 0.154 e. The summed E-state index contributed by atoms with van der Waals surface area (Å²) in [4.78, 5) is 0. The minimum absolute atomic E-state index is 0.588. The van der Waals surface area contributed by atoms with Gasteiger partial charge < -0.3 is 10.2 Å². The molecule has 2 aromatic heterocycles. The first-order valence-corrected chi connectivity index (χ1v) is 5.70. The predicted octanol–water partition coefficient (Wildman–Crippen LogP) is 3.02. The van der Waals surface area contributed by atoms with Crippen molar-refractivity contribution in [3.05, 3.63) is 54.3 Å². The highest BCUT2D eigenvalue weighted by atomic mass is 16.3. The van der Waals surface area contributed by atoms with Gasteiger partial charge in [-0.05, 0) is 31.2 Å². The van der Waals surface area contributed by atoms with Crippen LogP contribution in [0.1, 0.15) is 5.56 Å². The van der Waals surface area contributed by atoms with Crippen LogP contribution < -0.4 is 5.73 Å². The van der Waals surface area contributed by atoms with E-state index >= 15 is 0 Å². The van der Waals surface area contributed by atoms with Gasteiger partial charge in [-0.3, -0.25) is 0 Å². The van der Waals surface area contributed by atoms with Crippen molar-refractivity contribution in [1.82, 2.24) is 9.78 Å².